The Morgan fingerprint density at radius 3 is 1.80 bits per heavy atom. The van der Waals surface area contributed by atoms with Gasteiger partial charge in [-0.25, -0.2) is 0 Å². The van der Waals surface area contributed by atoms with Gasteiger partial charge in [0, 0.05) is 21.5 Å². The van der Waals surface area contributed by atoms with Gasteiger partial charge in [-0.1, -0.05) is 91.0 Å². The van der Waals surface area contributed by atoms with E-state index in [1.807, 2.05) is 24.3 Å². The minimum Gasteiger partial charge on any atom is -0.456 e. The maximum atomic E-state index is 6.37. The van der Waals surface area contributed by atoms with Gasteiger partial charge in [-0.2, -0.15) is 0 Å². The fraction of sp³-hybridized carbons (Fsp3) is 0.0526. The van der Waals surface area contributed by atoms with Gasteiger partial charge in [0.1, 0.15) is 22.3 Å². The number of hydrogen-bond acceptors (Lipinski definition) is 2. The Balaban J connectivity index is 1.48. The van der Waals surface area contributed by atoms with E-state index in [1.165, 1.54) is 44.2 Å². The maximum Gasteiger partial charge on any atom is 0.136 e. The Hall–Kier alpha value is -5.08. The van der Waals surface area contributed by atoms with Gasteiger partial charge in [-0.3, -0.25) is 0 Å². The van der Waals surface area contributed by atoms with Gasteiger partial charge in [0.2, 0.25) is 0 Å². The first-order valence-electron chi connectivity index (χ1n) is 13.7. The van der Waals surface area contributed by atoms with Crippen molar-refractivity contribution in [2.45, 2.75) is 13.8 Å². The quantitative estimate of drug-likeness (QED) is 0.234. The topological polar surface area (TPSA) is 26.3 Å². The zero-order valence-electron chi connectivity index (χ0n) is 22.4. The number of rotatable bonds is 3. The zero-order chi connectivity index (χ0) is 26.8. The molecule has 0 amide bonds. The molecule has 0 bridgehead atoms. The smallest absolute Gasteiger partial charge is 0.136 e. The highest BCUT2D eigenvalue weighted by atomic mass is 16.3. The van der Waals surface area contributed by atoms with Crippen LogP contribution in [0.1, 0.15) is 18.1 Å². The van der Waals surface area contributed by atoms with Crippen molar-refractivity contribution in [3.63, 3.8) is 0 Å². The summed E-state index contributed by atoms with van der Waals surface area (Å²) < 4.78 is 12.6. The highest BCUT2D eigenvalue weighted by molar-refractivity contribution is 6.26. The van der Waals surface area contributed by atoms with Crippen LogP contribution >= 0.6 is 0 Å². The summed E-state index contributed by atoms with van der Waals surface area (Å²) in [5.41, 5.74) is 11.0. The fourth-order valence-corrected chi connectivity index (χ4v) is 6.49. The van der Waals surface area contributed by atoms with E-state index < -0.39 is 0 Å². The van der Waals surface area contributed by atoms with Crippen LogP contribution in [0.2, 0.25) is 0 Å². The largest absolute Gasteiger partial charge is 0.456 e. The summed E-state index contributed by atoms with van der Waals surface area (Å²) in [4.78, 5) is 0. The summed E-state index contributed by atoms with van der Waals surface area (Å²) >= 11 is 0. The minimum atomic E-state index is 0.877. The Morgan fingerprint density at radius 1 is 0.500 bits per heavy atom. The lowest BCUT2D eigenvalue weighted by Crippen LogP contribution is -1.96. The molecular weight excluding hydrogens is 488 g/mol. The zero-order valence-corrected chi connectivity index (χ0v) is 22.4. The molecule has 190 valence electrons. The van der Waals surface area contributed by atoms with Crippen LogP contribution in [0.15, 0.2) is 124 Å². The Kier molecular flexibility index (Phi) is 4.99. The SMILES string of the molecule is C/C=C\c1c(C)c(-c2ccc3oc4ccc5oc6ccccc6c5c4c3c2)c2ccccc2c1-c1ccccc1. The molecular formula is C38H26O2. The Bertz CT molecular complexity index is 2280. The molecule has 0 aliphatic rings. The lowest BCUT2D eigenvalue weighted by Gasteiger charge is -2.20. The third-order valence-electron chi connectivity index (χ3n) is 8.17. The van der Waals surface area contributed by atoms with Gasteiger partial charge in [0.15, 0.2) is 0 Å². The molecule has 0 saturated heterocycles. The molecule has 0 aliphatic carbocycles. The second kappa shape index (κ2) is 8.72. The van der Waals surface area contributed by atoms with Gasteiger partial charge in [-0.05, 0) is 88.3 Å². The first-order valence-corrected chi connectivity index (χ1v) is 13.7. The Morgan fingerprint density at radius 2 is 1.07 bits per heavy atom. The molecule has 0 atom stereocenters. The molecule has 0 fully saturated rings. The van der Waals surface area contributed by atoms with Crippen LogP contribution in [-0.4, -0.2) is 0 Å². The van der Waals surface area contributed by atoms with Crippen molar-refractivity contribution in [2.75, 3.05) is 0 Å². The van der Waals surface area contributed by atoms with Crippen LogP contribution in [0.25, 0.3) is 83.0 Å². The normalized spacial score (nSPS) is 12.2. The van der Waals surface area contributed by atoms with Crippen LogP contribution in [0, 0.1) is 6.92 Å². The second-order valence-corrected chi connectivity index (χ2v) is 10.4. The van der Waals surface area contributed by atoms with E-state index >= 15 is 0 Å². The maximum absolute atomic E-state index is 6.37. The molecule has 0 aliphatic heterocycles. The first kappa shape index (κ1) is 22.9. The molecule has 8 rings (SSSR count). The lowest BCUT2D eigenvalue weighted by molar-refractivity contribution is 0.663. The van der Waals surface area contributed by atoms with Gasteiger partial charge < -0.3 is 8.83 Å². The van der Waals surface area contributed by atoms with Gasteiger partial charge in [0.05, 0.1) is 0 Å². The third-order valence-corrected chi connectivity index (χ3v) is 8.17. The molecule has 0 unspecified atom stereocenters. The third kappa shape index (κ3) is 3.23. The van der Waals surface area contributed by atoms with Crippen LogP contribution in [0.4, 0.5) is 0 Å². The number of fused-ring (bicyclic) bond motifs is 8. The Labute approximate surface area is 231 Å². The van der Waals surface area contributed by atoms with Crippen molar-refractivity contribution in [1.82, 2.24) is 0 Å². The average Bonchev–Trinajstić information content (AvgIpc) is 3.56. The molecule has 2 aromatic heterocycles. The molecule has 2 heteroatoms. The van der Waals surface area contributed by atoms with Crippen molar-refractivity contribution >= 4 is 60.7 Å². The summed E-state index contributed by atoms with van der Waals surface area (Å²) in [5.74, 6) is 0. The predicted octanol–water partition coefficient (Wildman–Crippen LogP) is 11.3. The van der Waals surface area contributed by atoms with E-state index in [-0.39, 0.29) is 0 Å². The molecule has 6 aromatic carbocycles. The van der Waals surface area contributed by atoms with Crippen molar-refractivity contribution < 1.29 is 8.83 Å². The van der Waals surface area contributed by atoms with E-state index in [4.69, 9.17) is 8.83 Å². The van der Waals surface area contributed by atoms with Crippen LogP contribution < -0.4 is 0 Å². The monoisotopic (exact) mass is 514 g/mol. The summed E-state index contributed by atoms with van der Waals surface area (Å²) in [7, 11) is 0. The van der Waals surface area contributed by atoms with E-state index in [0.29, 0.717) is 0 Å². The molecule has 0 radical (unpaired) electrons. The molecule has 2 heterocycles. The predicted molar refractivity (Wildman–Crippen MR) is 169 cm³/mol. The van der Waals surface area contributed by atoms with Crippen molar-refractivity contribution in [2.24, 2.45) is 0 Å². The second-order valence-electron chi connectivity index (χ2n) is 10.4. The first-order chi connectivity index (χ1) is 19.7. The van der Waals surface area contributed by atoms with E-state index in [2.05, 4.69) is 111 Å². The molecule has 40 heavy (non-hydrogen) atoms. The summed E-state index contributed by atoms with van der Waals surface area (Å²) in [6.45, 7) is 4.34. The number of hydrogen-bond donors (Lipinski definition) is 0. The molecule has 8 aromatic rings. The highest BCUT2D eigenvalue weighted by Gasteiger charge is 2.20. The standard InChI is InChI=1S/C38H26O2/c1-3-11-26-23(2)35(27-14-7-8-15-28(27)36(26)24-12-5-4-6-13-24)25-18-19-32-30(22-25)38-34(40-32)21-20-33-37(38)29-16-9-10-17-31(29)39-33/h3-22H,1-2H3/b11-3-. The van der Waals surface area contributed by atoms with Gasteiger partial charge in [-0.15, -0.1) is 0 Å². The highest BCUT2D eigenvalue weighted by Crippen LogP contribution is 2.45. The van der Waals surface area contributed by atoms with Crippen LogP contribution in [-0.2, 0) is 0 Å². The lowest BCUT2D eigenvalue weighted by atomic mass is 9.83. The van der Waals surface area contributed by atoms with Crippen molar-refractivity contribution in [3.8, 4) is 22.3 Å². The van der Waals surface area contributed by atoms with Gasteiger partial charge in [0.25, 0.3) is 0 Å². The van der Waals surface area contributed by atoms with Crippen LogP contribution in [0.5, 0.6) is 0 Å². The average molecular weight is 515 g/mol. The number of allylic oxidation sites excluding steroid dienone is 1. The number of benzene rings is 6. The fourth-order valence-electron chi connectivity index (χ4n) is 6.49. The number of furan rings is 2. The van der Waals surface area contributed by atoms with Crippen molar-refractivity contribution in [1.29, 1.82) is 0 Å². The van der Waals surface area contributed by atoms with Gasteiger partial charge >= 0.3 is 0 Å². The summed E-state index contributed by atoms with van der Waals surface area (Å²) in [6, 6.07) is 38.4. The van der Waals surface area contributed by atoms with Crippen molar-refractivity contribution in [3.05, 3.63) is 126 Å². The molecule has 0 saturated carbocycles. The van der Waals surface area contributed by atoms with Crippen LogP contribution in [0.3, 0.4) is 0 Å². The minimum absolute atomic E-state index is 0.877. The van der Waals surface area contributed by atoms with E-state index in [0.717, 1.165) is 43.9 Å². The van der Waals surface area contributed by atoms with E-state index in [9.17, 15) is 0 Å². The summed E-state index contributed by atoms with van der Waals surface area (Å²) in [5, 5.41) is 6.93. The number of para-hydroxylation sites is 1. The molecule has 0 spiro atoms. The van der Waals surface area contributed by atoms with E-state index in [1.54, 1.807) is 0 Å². The summed E-state index contributed by atoms with van der Waals surface area (Å²) in [6.07, 6.45) is 4.39. The molecule has 2 nitrogen and oxygen atoms in total. The molecule has 0 N–H and O–H groups in total.